The van der Waals surface area contributed by atoms with E-state index in [9.17, 15) is 0 Å². The lowest BCUT2D eigenvalue weighted by Gasteiger charge is -2.34. The Bertz CT molecular complexity index is 614. The second-order valence-electron chi connectivity index (χ2n) is 8.27. The molecule has 140 valence electrons. The third kappa shape index (κ3) is 4.08. The maximum Gasteiger partial charge on any atom is 0.159 e. The van der Waals surface area contributed by atoms with E-state index in [1.165, 1.54) is 57.1 Å². The van der Waals surface area contributed by atoms with Gasteiger partial charge in [-0.05, 0) is 88.2 Å². The standard InChI is InChI=1S/C23H32N2O/c1-2-21(16-18-6-5-14-24-17-18)26-22-11-8-19(9-12-22)23-13-10-20-7-3-4-15-25(20)23/h1,8-9,11-12,18,20-21,23-24H,3-7,10,13-17H2/t18?,20-,21?,23-/m0/s1. The number of hydrogen-bond donors (Lipinski definition) is 1. The number of piperidine rings is 2. The van der Waals surface area contributed by atoms with Crippen LogP contribution in [0.5, 0.6) is 5.75 Å². The quantitative estimate of drug-likeness (QED) is 0.806. The molecule has 2 unspecified atom stereocenters. The first-order valence-electron chi connectivity index (χ1n) is 10.5. The van der Waals surface area contributed by atoms with Gasteiger partial charge in [0.05, 0.1) is 0 Å². The number of ether oxygens (including phenoxy) is 1. The molecule has 4 rings (SSSR count). The minimum absolute atomic E-state index is 0.122. The number of nitrogens with zero attached hydrogens (tertiary/aromatic N) is 1. The third-order valence-corrected chi connectivity index (χ3v) is 6.52. The van der Waals surface area contributed by atoms with E-state index >= 15 is 0 Å². The summed E-state index contributed by atoms with van der Waals surface area (Å²) in [7, 11) is 0. The van der Waals surface area contributed by atoms with Crippen molar-refractivity contribution in [3.05, 3.63) is 29.8 Å². The molecule has 1 N–H and O–H groups in total. The molecule has 0 bridgehead atoms. The Hall–Kier alpha value is -1.50. The highest BCUT2D eigenvalue weighted by Gasteiger charge is 2.35. The third-order valence-electron chi connectivity index (χ3n) is 6.52. The second-order valence-corrected chi connectivity index (χ2v) is 8.27. The topological polar surface area (TPSA) is 24.5 Å². The summed E-state index contributed by atoms with van der Waals surface area (Å²) < 4.78 is 6.11. The molecule has 0 saturated carbocycles. The van der Waals surface area contributed by atoms with Gasteiger partial charge in [0.15, 0.2) is 6.10 Å². The molecule has 3 aliphatic heterocycles. The maximum atomic E-state index is 6.11. The van der Waals surface area contributed by atoms with Crippen molar-refractivity contribution in [2.45, 2.75) is 69.6 Å². The van der Waals surface area contributed by atoms with Crippen LogP contribution in [0, 0.1) is 18.3 Å². The zero-order valence-corrected chi connectivity index (χ0v) is 15.8. The van der Waals surface area contributed by atoms with Gasteiger partial charge in [-0.1, -0.05) is 24.5 Å². The van der Waals surface area contributed by atoms with E-state index in [-0.39, 0.29) is 6.10 Å². The zero-order valence-electron chi connectivity index (χ0n) is 15.8. The van der Waals surface area contributed by atoms with Gasteiger partial charge in [0.25, 0.3) is 0 Å². The predicted molar refractivity (Wildman–Crippen MR) is 106 cm³/mol. The Morgan fingerprint density at radius 1 is 1.12 bits per heavy atom. The summed E-state index contributed by atoms with van der Waals surface area (Å²) in [5.41, 5.74) is 1.44. The molecule has 3 heteroatoms. The van der Waals surface area contributed by atoms with Gasteiger partial charge in [0.2, 0.25) is 0 Å². The molecule has 26 heavy (non-hydrogen) atoms. The Morgan fingerprint density at radius 3 is 2.77 bits per heavy atom. The molecular formula is C23H32N2O. The highest BCUT2D eigenvalue weighted by molar-refractivity contribution is 5.30. The molecule has 0 radical (unpaired) electrons. The van der Waals surface area contributed by atoms with Crippen LogP contribution >= 0.6 is 0 Å². The number of nitrogens with one attached hydrogen (secondary N) is 1. The molecule has 0 spiro atoms. The summed E-state index contributed by atoms with van der Waals surface area (Å²) in [6, 6.07) is 10.2. The minimum Gasteiger partial charge on any atom is -0.478 e. The van der Waals surface area contributed by atoms with Gasteiger partial charge >= 0.3 is 0 Å². The van der Waals surface area contributed by atoms with Crippen LogP contribution in [0.2, 0.25) is 0 Å². The molecule has 3 aliphatic rings. The number of rotatable bonds is 5. The number of benzene rings is 1. The van der Waals surface area contributed by atoms with Gasteiger partial charge < -0.3 is 10.1 Å². The van der Waals surface area contributed by atoms with Gasteiger partial charge in [-0.25, -0.2) is 0 Å². The van der Waals surface area contributed by atoms with Crippen LogP contribution in [-0.4, -0.2) is 36.7 Å². The smallest absolute Gasteiger partial charge is 0.159 e. The van der Waals surface area contributed by atoms with E-state index < -0.39 is 0 Å². The number of hydrogen-bond acceptors (Lipinski definition) is 3. The van der Waals surface area contributed by atoms with Crippen molar-refractivity contribution in [1.82, 2.24) is 10.2 Å². The lowest BCUT2D eigenvalue weighted by Crippen LogP contribution is -2.35. The van der Waals surface area contributed by atoms with Gasteiger partial charge in [0.1, 0.15) is 5.75 Å². The SMILES string of the molecule is C#CC(CC1CCCNC1)Oc1ccc([C@@H]2CC[C@@H]3CCCCN32)cc1. The van der Waals surface area contributed by atoms with Gasteiger partial charge in [-0.2, -0.15) is 0 Å². The maximum absolute atomic E-state index is 6.11. The fraction of sp³-hybridized carbons (Fsp3) is 0.652. The average molecular weight is 353 g/mol. The first-order chi connectivity index (χ1) is 12.8. The fourth-order valence-corrected chi connectivity index (χ4v) is 5.13. The normalized spacial score (nSPS) is 30.3. The summed E-state index contributed by atoms with van der Waals surface area (Å²) in [6.07, 6.45) is 15.9. The van der Waals surface area contributed by atoms with Crippen LogP contribution in [0.1, 0.15) is 63.0 Å². The van der Waals surface area contributed by atoms with Crippen molar-refractivity contribution in [2.75, 3.05) is 19.6 Å². The van der Waals surface area contributed by atoms with E-state index in [1.54, 1.807) is 0 Å². The molecule has 3 heterocycles. The molecule has 4 atom stereocenters. The zero-order chi connectivity index (χ0) is 17.8. The molecule has 1 aromatic rings. The Balaban J connectivity index is 1.35. The summed E-state index contributed by atoms with van der Waals surface area (Å²) in [6.45, 7) is 3.47. The molecule has 1 aromatic carbocycles. The van der Waals surface area contributed by atoms with Crippen molar-refractivity contribution in [1.29, 1.82) is 0 Å². The summed E-state index contributed by atoms with van der Waals surface area (Å²) >= 11 is 0. The molecule has 3 saturated heterocycles. The predicted octanol–water partition coefficient (Wildman–Crippen LogP) is 4.15. The van der Waals surface area contributed by atoms with Crippen molar-refractivity contribution in [3.8, 4) is 18.1 Å². The lowest BCUT2D eigenvalue weighted by molar-refractivity contribution is 0.150. The van der Waals surface area contributed by atoms with E-state index in [2.05, 4.69) is 40.4 Å². The van der Waals surface area contributed by atoms with Gasteiger partial charge in [-0.15, -0.1) is 6.42 Å². The van der Waals surface area contributed by atoms with E-state index in [1.807, 2.05) is 0 Å². The molecule has 0 amide bonds. The van der Waals surface area contributed by atoms with Gasteiger partial charge in [0, 0.05) is 12.1 Å². The summed E-state index contributed by atoms with van der Waals surface area (Å²) in [5.74, 6) is 4.39. The Labute approximate surface area is 158 Å². The largest absolute Gasteiger partial charge is 0.478 e. The number of terminal acetylenes is 1. The van der Waals surface area contributed by atoms with Crippen LogP contribution in [0.3, 0.4) is 0 Å². The highest BCUT2D eigenvalue weighted by Crippen LogP contribution is 2.40. The summed E-state index contributed by atoms with van der Waals surface area (Å²) in [4.78, 5) is 2.74. The van der Waals surface area contributed by atoms with Crippen LogP contribution in [0.4, 0.5) is 0 Å². The number of fused-ring (bicyclic) bond motifs is 1. The highest BCUT2D eigenvalue weighted by atomic mass is 16.5. The van der Waals surface area contributed by atoms with Crippen molar-refractivity contribution < 1.29 is 4.74 Å². The van der Waals surface area contributed by atoms with Crippen LogP contribution < -0.4 is 10.1 Å². The minimum atomic E-state index is -0.122. The van der Waals surface area contributed by atoms with Crippen LogP contribution in [-0.2, 0) is 0 Å². The molecule has 0 aromatic heterocycles. The second kappa shape index (κ2) is 8.46. The van der Waals surface area contributed by atoms with Crippen molar-refractivity contribution >= 4 is 0 Å². The molecular weight excluding hydrogens is 320 g/mol. The lowest BCUT2D eigenvalue weighted by atomic mass is 9.93. The van der Waals surface area contributed by atoms with E-state index in [0.717, 1.165) is 31.3 Å². The molecule has 3 fully saturated rings. The molecule has 3 nitrogen and oxygen atoms in total. The van der Waals surface area contributed by atoms with Crippen LogP contribution in [0.15, 0.2) is 24.3 Å². The first-order valence-corrected chi connectivity index (χ1v) is 10.5. The Kier molecular flexibility index (Phi) is 5.82. The van der Waals surface area contributed by atoms with Crippen LogP contribution in [0.25, 0.3) is 0 Å². The average Bonchev–Trinajstić information content (AvgIpc) is 3.13. The fourth-order valence-electron chi connectivity index (χ4n) is 5.13. The van der Waals surface area contributed by atoms with E-state index in [4.69, 9.17) is 11.2 Å². The van der Waals surface area contributed by atoms with Crippen molar-refractivity contribution in [2.24, 2.45) is 5.92 Å². The van der Waals surface area contributed by atoms with Crippen molar-refractivity contribution in [3.63, 3.8) is 0 Å². The Morgan fingerprint density at radius 2 is 2.00 bits per heavy atom. The first kappa shape index (κ1) is 17.9. The summed E-state index contributed by atoms with van der Waals surface area (Å²) in [5, 5.41) is 3.46. The monoisotopic (exact) mass is 352 g/mol. The molecule has 0 aliphatic carbocycles. The van der Waals surface area contributed by atoms with Gasteiger partial charge in [-0.3, -0.25) is 4.90 Å². The van der Waals surface area contributed by atoms with E-state index in [0.29, 0.717) is 12.0 Å².